The summed E-state index contributed by atoms with van der Waals surface area (Å²) in [5.74, 6) is -0.279. The van der Waals surface area contributed by atoms with Gasteiger partial charge in [0.25, 0.3) is 5.97 Å². The molecule has 15 heavy (non-hydrogen) atoms. The smallest absolute Gasteiger partial charge is 0.299 e. The second-order valence-electron chi connectivity index (χ2n) is 4.67. The molecule has 0 heterocycles. The highest BCUT2D eigenvalue weighted by atomic mass is 28.4. The highest BCUT2D eigenvalue weighted by Gasteiger charge is 2.24. The van der Waals surface area contributed by atoms with Crippen LogP contribution in [-0.2, 0) is 9.22 Å². The topological polar surface area (TPSA) is 26.3 Å². The lowest BCUT2D eigenvalue weighted by atomic mass is 10.0. The van der Waals surface area contributed by atoms with Gasteiger partial charge in [-0.1, -0.05) is 30.3 Å². The lowest BCUT2D eigenvalue weighted by Crippen LogP contribution is -2.31. The van der Waals surface area contributed by atoms with E-state index < -0.39 is 8.32 Å². The molecule has 0 spiro atoms. The summed E-state index contributed by atoms with van der Waals surface area (Å²) >= 11 is 0. The van der Waals surface area contributed by atoms with Crippen molar-refractivity contribution in [3.05, 3.63) is 35.9 Å². The van der Waals surface area contributed by atoms with E-state index in [0.29, 0.717) is 0 Å². The largest absolute Gasteiger partial charge is 0.519 e. The molecule has 1 rings (SSSR count). The van der Waals surface area contributed by atoms with Gasteiger partial charge in [-0.15, -0.1) is 0 Å². The molecule has 1 aromatic rings. The second kappa shape index (κ2) is 4.62. The summed E-state index contributed by atoms with van der Waals surface area (Å²) in [6, 6.07) is 9.73. The first-order valence-corrected chi connectivity index (χ1v) is 8.59. The van der Waals surface area contributed by atoms with E-state index in [9.17, 15) is 4.79 Å². The summed E-state index contributed by atoms with van der Waals surface area (Å²) < 4.78 is 5.45. The van der Waals surface area contributed by atoms with E-state index in [1.165, 1.54) is 0 Å². The fourth-order valence-electron chi connectivity index (χ4n) is 1.27. The highest BCUT2D eigenvalue weighted by Crippen LogP contribution is 2.18. The molecular formula is C12H18O2Si. The van der Waals surface area contributed by atoms with Gasteiger partial charge in [0.1, 0.15) is 0 Å². The van der Waals surface area contributed by atoms with Crippen LogP contribution in [0.2, 0.25) is 19.6 Å². The van der Waals surface area contributed by atoms with E-state index in [4.69, 9.17) is 4.43 Å². The van der Waals surface area contributed by atoms with Crippen molar-refractivity contribution in [2.75, 3.05) is 0 Å². The van der Waals surface area contributed by atoms with E-state index in [-0.39, 0.29) is 11.9 Å². The van der Waals surface area contributed by atoms with Gasteiger partial charge in [0, 0.05) is 0 Å². The first-order valence-electron chi connectivity index (χ1n) is 5.18. The maximum atomic E-state index is 11.8. The van der Waals surface area contributed by atoms with Crippen LogP contribution >= 0.6 is 0 Å². The third-order valence-electron chi connectivity index (χ3n) is 2.06. The van der Waals surface area contributed by atoms with Crippen LogP contribution in [0.1, 0.15) is 18.4 Å². The summed E-state index contributed by atoms with van der Waals surface area (Å²) in [6.07, 6.45) is 0. The van der Waals surface area contributed by atoms with E-state index in [1.54, 1.807) is 0 Å². The average Bonchev–Trinajstić information content (AvgIpc) is 2.15. The predicted octanol–water partition coefficient (Wildman–Crippen LogP) is 3.17. The standard InChI is InChI=1S/C12H18O2Si/c1-10(11-8-6-5-7-9-11)12(13)14-15(2,3)4/h5-10H,1-4H3/t10-/m1/s1. The predicted molar refractivity (Wildman–Crippen MR) is 64.3 cm³/mol. The lowest BCUT2D eigenvalue weighted by Gasteiger charge is -2.20. The van der Waals surface area contributed by atoms with Crippen molar-refractivity contribution < 1.29 is 9.22 Å². The molecule has 1 atom stereocenters. The van der Waals surface area contributed by atoms with Crippen LogP contribution in [0.4, 0.5) is 0 Å². The van der Waals surface area contributed by atoms with E-state index in [1.807, 2.05) is 56.9 Å². The molecule has 0 aliphatic carbocycles. The minimum atomic E-state index is -1.77. The summed E-state index contributed by atoms with van der Waals surface area (Å²) in [7, 11) is -1.77. The fraction of sp³-hybridized carbons (Fsp3) is 0.417. The molecule has 0 saturated carbocycles. The van der Waals surface area contributed by atoms with Crippen LogP contribution in [0.3, 0.4) is 0 Å². The zero-order chi connectivity index (χ0) is 11.5. The van der Waals surface area contributed by atoms with Gasteiger partial charge in [0.15, 0.2) is 0 Å². The monoisotopic (exact) mass is 222 g/mol. The average molecular weight is 222 g/mol. The molecule has 0 aliphatic rings. The molecule has 0 bridgehead atoms. The van der Waals surface area contributed by atoms with Crippen LogP contribution < -0.4 is 0 Å². The summed E-state index contributed by atoms with van der Waals surface area (Å²) in [6.45, 7) is 7.94. The van der Waals surface area contributed by atoms with Gasteiger partial charge in [-0.25, -0.2) is 0 Å². The minimum Gasteiger partial charge on any atom is -0.519 e. The SMILES string of the molecule is C[C@@H](C(=O)O[Si](C)(C)C)c1ccccc1. The van der Waals surface area contributed by atoms with Gasteiger partial charge in [-0.3, -0.25) is 4.79 Å². The second-order valence-corrected chi connectivity index (χ2v) is 9.09. The molecule has 1 aromatic carbocycles. The van der Waals surface area contributed by atoms with Gasteiger partial charge in [0.05, 0.1) is 5.92 Å². The van der Waals surface area contributed by atoms with Crippen LogP contribution in [0.25, 0.3) is 0 Å². The first kappa shape index (κ1) is 12.0. The van der Waals surface area contributed by atoms with Gasteiger partial charge in [0.2, 0.25) is 8.32 Å². The molecule has 2 nitrogen and oxygen atoms in total. The van der Waals surface area contributed by atoms with Gasteiger partial charge in [-0.2, -0.15) is 0 Å². The third kappa shape index (κ3) is 3.87. The first-order chi connectivity index (χ1) is 6.90. The molecule has 0 amide bonds. The molecule has 0 N–H and O–H groups in total. The van der Waals surface area contributed by atoms with Gasteiger partial charge in [-0.05, 0) is 32.1 Å². The van der Waals surface area contributed by atoms with Crippen LogP contribution in [0.5, 0.6) is 0 Å². The number of rotatable bonds is 3. The molecule has 0 saturated heterocycles. The third-order valence-corrected chi connectivity index (χ3v) is 2.87. The van der Waals surface area contributed by atoms with E-state index in [0.717, 1.165) is 5.56 Å². The van der Waals surface area contributed by atoms with Crippen LogP contribution in [0.15, 0.2) is 30.3 Å². The molecule has 0 aromatic heterocycles. The number of hydrogen-bond acceptors (Lipinski definition) is 2. The van der Waals surface area contributed by atoms with Crippen molar-refractivity contribution in [3.63, 3.8) is 0 Å². The van der Waals surface area contributed by atoms with Crippen molar-refractivity contribution in [1.82, 2.24) is 0 Å². The number of carbonyl (C=O) groups excluding carboxylic acids is 1. The Kier molecular flexibility index (Phi) is 3.69. The van der Waals surface area contributed by atoms with Crippen molar-refractivity contribution >= 4 is 14.3 Å². The zero-order valence-electron chi connectivity index (χ0n) is 9.78. The highest BCUT2D eigenvalue weighted by molar-refractivity contribution is 6.71. The Morgan fingerprint density at radius 1 is 1.20 bits per heavy atom. The molecule has 0 unspecified atom stereocenters. The number of benzene rings is 1. The minimum absolute atomic E-state index is 0.111. The molecule has 0 radical (unpaired) electrons. The quantitative estimate of drug-likeness (QED) is 0.734. The van der Waals surface area contributed by atoms with Crippen LogP contribution in [-0.4, -0.2) is 14.3 Å². The van der Waals surface area contributed by atoms with Crippen LogP contribution in [0, 0.1) is 0 Å². The maximum absolute atomic E-state index is 11.8. The maximum Gasteiger partial charge on any atom is 0.299 e. The van der Waals surface area contributed by atoms with Crippen molar-refractivity contribution in [2.24, 2.45) is 0 Å². The molecule has 3 heteroatoms. The van der Waals surface area contributed by atoms with Crippen molar-refractivity contribution in [1.29, 1.82) is 0 Å². The lowest BCUT2D eigenvalue weighted by molar-refractivity contribution is -0.136. The van der Waals surface area contributed by atoms with Gasteiger partial charge < -0.3 is 4.43 Å². The Hall–Kier alpha value is -1.09. The molecule has 0 aliphatic heterocycles. The van der Waals surface area contributed by atoms with Crippen molar-refractivity contribution in [3.8, 4) is 0 Å². The Morgan fingerprint density at radius 3 is 2.20 bits per heavy atom. The Morgan fingerprint density at radius 2 is 1.73 bits per heavy atom. The molecular weight excluding hydrogens is 204 g/mol. The van der Waals surface area contributed by atoms with E-state index >= 15 is 0 Å². The Balaban J connectivity index is 2.70. The van der Waals surface area contributed by atoms with Crippen molar-refractivity contribution in [2.45, 2.75) is 32.5 Å². The molecule has 0 fully saturated rings. The summed E-state index contributed by atoms with van der Waals surface area (Å²) in [5, 5.41) is 0. The zero-order valence-corrected chi connectivity index (χ0v) is 10.8. The Bertz CT molecular complexity index is 327. The Labute approximate surface area is 92.4 Å². The summed E-state index contributed by atoms with van der Waals surface area (Å²) in [5.41, 5.74) is 1.01. The number of hydrogen-bond donors (Lipinski definition) is 0. The number of carbonyl (C=O) groups is 1. The molecule has 82 valence electrons. The van der Waals surface area contributed by atoms with Gasteiger partial charge >= 0.3 is 0 Å². The normalized spacial score (nSPS) is 13.3. The van der Waals surface area contributed by atoms with E-state index in [2.05, 4.69) is 0 Å². The summed E-state index contributed by atoms with van der Waals surface area (Å²) in [4.78, 5) is 11.8. The fourth-order valence-corrected chi connectivity index (χ4v) is 2.05.